The molecule has 0 radical (unpaired) electrons. The number of hydrogen-bond acceptors (Lipinski definition) is 3. The molecule has 3 rings (SSSR count). The first-order valence-electron chi connectivity index (χ1n) is 6.97. The van der Waals surface area contributed by atoms with E-state index in [-0.39, 0.29) is 30.1 Å². The van der Waals surface area contributed by atoms with Crippen LogP contribution in [0.15, 0.2) is 36.4 Å². The number of carboxylic acid groups (broad SMARTS) is 1. The summed E-state index contributed by atoms with van der Waals surface area (Å²) < 4.78 is 12.8. The van der Waals surface area contributed by atoms with Gasteiger partial charge in [-0.3, -0.25) is 4.79 Å². The van der Waals surface area contributed by atoms with Crippen LogP contribution in [0.3, 0.4) is 0 Å². The van der Waals surface area contributed by atoms with Gasteiger partial charge in [0.05, 0.1) is 5.92 Å². The number of carboxylic acids is 1. The second-order valence-electron chi connectivity index (χ2n) is 5.66. The van der Waals surface area contributed by atoms with Crippen LogP contribution >= 0.6 is 0 Å². The van der Waals surface area contributed by atoms with E-state index in [0.717, 1.165) is 5.56 Å². The van der Waals surface area contributed by atoms with Crippen molar-refractivity contribution in [2.24, 2.45) is 23.7 Å². The van der Waals surface area contributed by atoms with Gasteiger partial charge in [0, 0.05) is 18.4 Å². The fraction of sp³-hybridized carbons (Fsp3) is 0.375. The van der Waals surface area contributed by atoms with E-state index >= 15 is 0 Å². The number of rotatable bonds is 4. The summed E-state index contributed by atoms with van der Waals surface area (Å²) in [4.78, 5) is 23.5. The van der Waals surface area contributed by atoms with Gasteiger partial charge in [-0.05, 0) is 36.0 Å². The van der Waals surface area contributed by atoms with Crippen molar-refractivity contribution in [3.8, 4) is 0 Å². The van der Waals surface area contributed by atoms with E-state index in [4.69, 9.17) is 0 Å². The summed E-state index contributed by atoms with van der Waals surface area (Å²) in [6.07, 6.45) is 4.49. The second-order valence-corrected chi connectivity index (χ2v) is 5.66. The molecule has 2 bridgehead atoms. The first-order valence-corrected chi connectivity index (χ1v) is 6.97. The quantitative estimate of drug-likeness (QED) is 0.826. The number of nitrogens with one attached hydrogen (secondary N) is 1. The predicted octanol–water partition coefficient (Wildman–Crippen LogP) is 0.630. The van der Waals surface area contributed by atoms with Gasteiger partial charge in [-0.25, -0.2) is 4.39 Å². The Balaban J connectivity index is 1.66. The highest BCUT2D eigenvalue weighted by molar-refractivity contribution is 5.86. The van der Waals surface area contributed by atoms with Crippen molar-refractivity contribution in [1.82, 2.24) is 5.32 Å². The van der Waals surface area contributed by atoms with Gasteiger partial charge in [0.2, 0.25) is 5.91 Å². The number of carbonyl (C=O) groups excluding carboxylic acids is 2. The molecule has 2 aliphatic carbocycles. The zero-order valence-corrected chi connectivity index (χ0v) is 11.3. The molecule has 21 heavy (non-hydrogen) atoms. The van der Waals surface area contributed by atoms with E-state index in [2.05, 4.69) is 5.32 Å². The van der Waals surface area contributed by atoms with Crippen molar-refractivity contribution < 1.29 is 19.1 Å². The highest BCUT2D eigenvalue weighted by Crippen LogP contribution is 2.47. The smallest absolute Gasteiger partial charge is 0.224 e. The molecule has 1 aromatic carbocycles. The largest absolute Gasteiger partial charge is 0.550 e. The molecule has 1 saturated carbocycles. The Hall–Kier alpha value is -2.17. The fourth-order valence-corrected chi connectivity index (χ4v) is 3.41. The standard InChI is InChI=1S/C16H16FNO3/c17-12-5-1-9(2-6-12)8-18-15(19)13-10-3-4-11(7-10)14(13)16(20)21/h1-6,10-11,13-14H,7-8H2,(H,18,19)(H,20,21)/p-1/t10-,11-,13-,14-/m0/s1. The van der Waals surface area contributed by atoms with Crippen LogP contribution in [-0.4, -0.2) is 11.9 Å². The molecular weight excluding hydrogens is 273 g/mol. The Kier molecular flexibility index (Phi) is 3.49. The molecular formula is C16H15FNO3-. The lowest BCUT2D eigenvalue weighted by atomic mass is 9.82. The predicted molar refractivity (Wildman–Crippen MR) is 71.0 cm³/mol. The van der Waals surface area contributed by atoms with Crippen LogP contribution in [0.4, 0.5) is 4.39 Å². The summed E-state index contributed by atoms with van der Waals surface area (Å²) in [7, 11) is 0. The van der Waals surface area contributed by atoms with E-state index in [1.54, 1.807) is 12.1 Å². The maximum absolute atomic E-state index is 12.8. The molecule has 0 aliphatic heterocycles. The molecule has 5 heteroatoms. The molecule has 0 unspecified atom stereocenters. The molecule has 0 heterocycles. The van der Waals surface area contributed by atoms with Crippen molar-refractivity contribution in [2.75, 3.05) is 0 Å². The molecule has 4 nitrogen and oxygen atoms in total. The molecule has 2 aliphatic rings. The number of carbonyl (C=O) groups is 2. The van der Waals surface area contributed by atoms with E-state index in [0.29, 0.717) is 6.42 Å². The average Bonchev–Trinajstić information content (AvgIpc) is 3.06. The van der Waals surface area contributed by atoms with E-state index in [1.807, 2.05) is 12.2 Å². The normalized spacial score (nSPS) is 29.6. The van der Waals surface area contributed by atoms with Crippen LogP contribution in [0, 0.1) is 29.5 Å². The van der Waals surface area contributed by atoms with E-state index in [1.165, 1.54) is 12.1 Å². The summed E-state index contributed by atoms with van der Waals surface area (Å²) in [5.41, 5.74) is 0.772. The van der Waals surface area contributed by atoms with E-state index < -0.39 is 17.8 Å². The fourth-order valence-electron chi connectivity index (χ4n) is 3.41. The topological polar surface area (TPSA) is 69.2 Å². The molecule has 1 fully saturated rings. The third-order valence-electron chi connectivity index (χ3n) is 4.41. The summed E-state index contributed by atoms with van der Waals surface area (Å²) in [5, 5.41) is 14.0. The number of fused-ring (bicyclic) bond motifs is 2. The lowest BCUT2D eigenvalue weighted by molar-refractivity contribution is -0.313. The van der Waals surface area contributed by atoms with Gasteiger partial charge in [0.1, 0.15) is 5.82 Å². The van der Waals surface area contributed by atoms with Gasteiger partial charge < -0.3 is 15.2 Å². The molecule has 1 N–H and O–H groups in total. The second kappa shape index (κ2) is 5.31. The third kappa shape index (κ3) is 2.55. The number of benzene rings is 1. The van der Waals surface area contributed by atoms with E-state index in [9.17, 15) is 19.1 Å². The van der Waals surface area contributed by atoms with Crippen molar-refractivity contribution in [1.29, 1.82) is 0 Å². The van der Waals surface area contributed by atoms with Crippen LogP contribution in [0.1, 0.15) is 12.0 Å². The van der Waals surface area contributed by atoms with Gasteiger partial charge >= 0.3 is 0 Å². The summed E-state index contributed by atoms with van der Waals surface area (Å²) in [6.45, 7) is 0.260. The van der Waals surface area contributed by atoms with Crippen LogP contribution in [-0.2, 0) is 16.1 Å². The Bertz CT molecular complexity index is 596. The molecule has 0 saturated heterocycles. The molecule has 4 atom stereocenters. The minimum Gasteiger partial charge on any atom is -0.550 e. The number of hydrogen-bond donors (Lipinski definition) is 1. The Morgan fingerprint density at radius 2 is 1.76 bits per heavy atom. The number of amides is 1. The number of halogens is 1. The molecule has 1 aromatic rings. The maximum atomic E-state index is 12.8. The van der Waals surface area contributed by atoms with Crippen LogP contribution in [0.25, 0.3) is 0 Å². The third-order valence-corrected chi connectivity index (χ3v) is 4.41. The number of aliphatic carboxylic acids is 1. The minimum atomic E-state index is -1.16. The zero-order valence-electron chi connectivity index (χ0n) is 11.3. The van der Waals surface area contributed by atoms with Crippen LogP contribution in [0.5, 0.6) is 0 Å². The minimum absolute atomic E-state index is 0.0221. The van der Waals surface area contributed by atoms with Gasteiger partial charge in [0.15, 0.2) is 0 Å². The summed E-state index contributed by atoms with van der Waals surface area (Å²) >= 11 is 0. The SMILES string of the molecule is O=C([O-])[C@@H]1[C@@H](C(=O)NCc2ccc(F)cc2)[C@H]2C=C[C@H]1C2. The van der Waals surface area contributed by atoms with Gasteiger partial charge in [-0.15, -0.1) is 0 Å². The monoisotopic (exact) mass is 288 g/mol. The van der Waals surface area contributed by atoms with Crippen LogP contribution < -0.4 is 10.4 Å². The average molecular weight is 288 g/mol. The van der Waals surface area contributed by atoms with Gasteiger partial charge in [0.25, 0.3) is 0 Å². The zero-order chi connectivity index (χ0) is 15.0. The Labute approximate surface area is 121 Å². The van der Waals surface area contributed by atoms with Crippen molar-refractivity contribution in [3.05, 3.63) is 47.8 Å². The molecule has 0 spiro atoms. The Morgan fingerprint density at radius 1 is 1.14 bits per heavy atom. The maximum Gasteiger partial charge on any atom is 0.224 e. The first kappa shape index (κ1) is 13.8. The number of allylic oxidation sites excluding steroid dienone is 2. The van der Waals surface area contributed by atoms with Crippen LogP contribution in [0.2, 0.25) is 0 Å². The lowest BCUT2D eigenvalue weighted by Gasteiger charge is -2.27. The molecule has 110 valence electrons. The summed E-state index contributed by atoms with van der Waals surface area (Å²) in [6, 6.07) is 5.83. The molecule has 1 amide bonds. The highest BCUT2D eigenvalue weighted by Gasteiger charge is 2.48. The van der Waals surface area contributed by atoms with Crippen molar-refractivity contribution in [2.45, 2.75) is 13.0 Å². The van der Waals surface area contributed by atoms with Gasteiger partial charge in [-0.1, -0.05) is 24.3 Å². The van der Waals surface area contributed by atoms with Gasteiger partial charge in [-0.2, -0.15) is 0 Å². The van der Waals surface area contributed by atoms with Crippen molar-refractivity contribution in [3.63, 3.8) is 0 Å². The lowest BCUT2D eigenvalue weighted by Crippen LogP contribution is -2.44. The molecule has 0 aromatic heterocycles. The summed E-state index contributed by atoms with van der Waals surface area (Å²) in [5.74, 6) is -3.19. The highest BCUT2D eigenvalue weighted by atomic mass is 19.1. The Morgan fingerprint density at radius 3 is 2.38 bits per heavy atom. The first-order chi connectivity index (χ1) is 10.1. The van der Waals surface area contributed by atoms with Crippen molar-refractivity contribution >= 4 is 11.9 Å².